The van der Waals surface area contributed by atoms with Gasteiger partial charge in [-0.05, 0) is 43.5 Å². The van der Waals surface area contributed by atoms with Crippen molar-refractivity contribution in [1.29, 1.82) is 0 Å². The molecular weight excluding hydrogens is 437 g/mol. The van der Waals surface area contributed by atoms with Gasteiger partial charge < -0.3 is 4.42 Å². The number of likely N-dealkylation sites (tertiary alicyclic amines) is 1. The maximum atomic E-state index is 13.1. The minimum absolute atomic E-state index is 0.128. The van der Waals surface area contributed by atoms with Crippen LogP contribution in [-0.4, -0.2) is 23.0 Å². The van der Waals surface area contributed by atoms with Gasteiger partial charge in [0.05, 0.1) is 12.1 Å². The van der Waals surface area contributed by atoms with Gasteiger partial charge in [0.2, 0.25) is 5.89 Å². The van der Waals surface area contributed by atoms with Gasteiger partial charge in [-0.25, -0.2) is 4.98 Å². The average molecular weight is 463 g/mol. The highest BCUT2D eigenvalue weighted by atomic mass is 19.4. The molecule has 2 heterocycles. The van der Waals surface area contributed by atoms with E-state index in [2.05, 4.69) is 4.90 Å². The van der Waals surface area contributed by atoms with Crippen LogP contribution in [0.3, 0.4) is 0 Å². The lowest BCUT2D eigenvalue weighted by Crippen LogP contribution is -2.32. The molecule has 0 bridgehead atoms. The van der Waals surface area contributed by atoms with Gasteiger partial charge in [-0.15, -0.1) is 0 Å². The average Bonchev–Trinajstić information content (AvgIpc) is 3.29. The lowest BCUT2D eigenvalue weighted by atomic mass is 9.88. The van der Waals surface area contributed by atoms with Crippen molar-refractivity contribution in [2.45, 2.75) is 31.5 Å². The molecule has 0 amide bonds. The number of benzene rings is 3. The van der Waals surface area contributed by atoms with E-state index in [1.54, 1.807) is 0 Å². The number of hydrogen-bond acceptors (Lipinski definition) is 3. The predicted molar refractivity (Wildman–Crippen MR) is 126 cm³/mol. The third-order valence-electron chi connectivity index (χ3n) is 6.39. The second kappa shape index (κ2) is 9.47. The van der Waals surface area contributed by atoms with Crippen molar-refractivity contribution < 1.29 is 17.6 Å². The van der Waals surface area contributed by atoms with Crippen molar-refractivity contribution in [1.82, 2.24) is 9.88 Å². The predicted octanol–water partition coefficient (Wildman–Crippen LogP) is 7.41. The fourth-order valence-corrected chi connectivity index (χ4v) is 4.59. The number of hydrogen-bond donors (Lipinski definition) is 0. The molecule has 0 unspecified atom stereocenters. The van der Waals surface area contributed by atoms with E-state index < -0.39 is 11.7 Å². The van der Waals surface area contributed by atoms with Crippen LogP contribution < -0.4 is 0 Å². The molecular formula is C28H25F3N2O. The molecule has 5 rings (SSSR count). The van der Waals surface area contributed by atoms with Crippen LogP contribution >= 0.6 is 0 Å². The first-order valence-corrected chi connectivity index (χ1v) is 11.5. The normalized spacial score (nSPS) is 15.5. The van der Waals surface area contributed by atoms with Gasteiger partial charge in [-0.3, -0.25) is 4.90 Å². The summed E-state index contributed by atoms with van der Waals surface area (Å²) in [6.45, 7) is 2.14. The number of alkyl halides is 3. The van der Waals surface area contributed by atoms with E-state index in [1.807, 2.05) is 66.7 Å². The highest BCUT2D eigenvalue weighted by molar-refractivity contribution is 5.76. The van der Waals surface area contributed by atoms with E-state index >= 15 is 0 Å². The van der Waals surface area contributed by atoms with E-state index in [-0.39, 0.29) is 5.92 Å². The molecule has 0 N–H and O–H groups in total. The summed E-state index contributed by atoms with van der Waals surface area (Å²) in [5.41, 5.74) is 2.99. The highest BCUT2D eigenvalue weighted by Gasteiger charge is 2.31. The lowest BCUT2D eigenvalue weighted by Gasteiger charge is -2.31. The van der Waals surface area contributed by atoms with Crippen LogP contribution in [0.4, 0.5) is 13.2 Å². The van der Waals surface area contributed by atoms with Crippen molar-refractivity contribution in [2.75, 3.05) is 13.1 Å². The summed E-state index contributed by atoms with van der Waals surface area (Å²) in [5, 5.41) is 0. The second-order valence-electron chi connectivity index (χ2n) is 8.69. The second-order valence-corrected chi connectivity index (χ2v) is 8.69. The number of oxazole rings is 1. The first-order chi connectivity index (χ1) is 16.5. The molecule has 1 aromatic heterocycles. The van der Waals surface area contributed by atoms with Gasteiger partial charge in [-0.1, -0.05) is 78.9 Å². The molecule has 3 nitrogen and oxygen atoms in total. The Morgan fingerprint density at radius 3 is 2.12 bits per heavy atom. The largest absolute Gasteiger partial charge is 0.439 e. The Labute approximate surface area is 196 Å². The van der Waals surface area contributed by atoms with Crippen LogP contribution in [0.15, 0.2) is 89.3 Å². The third kappa shape index (κ3) is 4.92. The number of rotatable bonds is 5. The molecule has 0 spiro atoms. The van der Waals surface area contributed by atoms with Crippen LogP contribution in [0.25, 0.3) is 22.6 Å². The lowest BCUT2D eigenvalue weighted by molar-refractivity contribution is -0.137. The highest BCUT2D eigenvalue weighted by Crippen LogP contribution is 2.36. The molecule has 0 radical (unpaired) electrons. The van der Waals surface area contributed by atoms with Crippen molar-refractivity contribution in [2.24, 2.45) is 0 Å². The van der Waals surface area contributed by atoms with Crippen molar-refractivity contribution in [3.05, 3.63) is 102 Å². The van der Waals surface area contributed by atoms with Crippen LogP contribution in [0.2, 0.25) is 0 Å². The molecule has 1 saturated heterocycles. The Morgan fingerprint density at radius 2 is 1.47 bits per heavy atom. The quantitative estimate of drug-likeness (QED) is 0.309. The minimum Gasteiger partial charge on any atom is -0.439 e. The standard InChI is InChI=1S/C28H25F3N2O/c29-28(30,31)24-13-7-12-23(18-24)20-14-16-33(17-15-20)19-25-32-26(21-8-3-1-4-9-21)27(34-25)22-10-5-2-6-11-22/h1-13,18,20H,14-17,19H2. The van der Waals surface area contributed by atoms with Gasteiger partial charge in [0, 0.05) is 11.1 Å². The SMILES string of the molecule is FC(F)(F)c1cccc(C2CCN(Cc3nc(-c4ccccc4)c(-c4ccccc4)o3)CC2)c1. The van der Waals surface area contributed by atoms with E-state index in [4.69, 9.17) is 9.40 Å². The number of aromatic nitrogens is 1. The molecule has 0 atom stereocenters. The fraction of sp³-hybridized carbons (Fsp3) is 0.250. The molecule has 6 heteroatoms. The fourth-order valence-electron chi connectivity index (χ4n) is 4.59. The Morgan fingerprint density at radius 1 is 0.824 bits per heavy atom. The van der Waals surface area contributed by atoms with E-state index in [1.165, 1.54) is 12.1 Å². The maximum absolute atomic E-state index is 13.1. The molecule has 1 fully saturated rings. The summed E-state index contributed by atoms with van der Waals surface area (Å²) < 4.78 is 45.5. The molecule has 1 aliphatic rings. The van der Waals surface area contributed by atoms with Crippen molar-refractivity contribution in [3.8, 4) is 22.6 Å². The summed E-state index contributed by atoms with van der Waals surface area (Å²) in [4.78, 5) is 7.10. The molecule has 4 aromatic rings. The number of nitrogens with zero attached hydrogens (tertiary/aromatic N) is 2. The summed E-state index contributed by atoms with van der Waals surface area (Å²) in [7, 11) is 0. The topological polar surface area (TPSA) is 29.3 Å². The van der Waals surface area contributed by atoms with Gasteiger partial charge in [0.25, 0.3) is 0 Å². The van der Waals surface area contributed by atoms with Gasteiger partial charge in [-0.2, -0.15) is 13.2 Å². The van der Waals surface area contributed by atoms with Crippen LogP contribution in [-0.2, 0) is 12.7 Å². The van der Waals surface area contributed by atoms with Crippen molar-refractivity contribution >= 4 is 0 Å². The zero-order valence-electron chi connectivity index (χ0n) is 18.6. The van der Waals surface area contributed by atoms with Gasteiger partial charge in [0.1, 0.15) is 5.69 Å². The van der Waals surface area contributed by atoms with Crippen LogP contribution in [0.5, 0.6) is 0 Å². The third-order valence-corrected chi connectivity index (χ3v) is 6.39. The van der Waals surface area contributed by atoms with Gasteiger partial charge >= 0.3 is 6.18 Å². The van der Waals surface area contributed by atoms with E-state index in [9.17, 15) is 13.2 Å². The molecule has 174 valence electrons. The zero-order chi connectivity index (χ0) is 23.5. The van der Waals surface area contributed by atoms with Crippen molar-refractivity contribution in [3.63, 3.8) is 0 Å². The first-order valence-electron chi connectivity index (χ1n) is 11.5. The van der Waals surface area contributed by atoms with Crippen LogP contribution in [0.1, 0.15) is 35.8 Å². The molecule has 34 heavy (non-hydrogen) atoms. The summed E-state index contributed by atoms with van der Waals surface area (Å²) in [5.74, 6) is 1.53. The Bertz CT molecular complexity index is 1170. The monoisotopic (exact) mass is 462 g/mol. The Kier molecular flexibility index (Phi) is 6.24. The summed E-state index contributed by atoms with van der Waals surface area (Å²) in [6.07, 6.45) is -2.70. The Balaban J connectivity index is 1.31. The van der Waals surface area contributed by atoms with E-state index in [0.29, 0.717) is 12.4 Å². The van der Waals surface area contributed by atoms with Gasteiger partial charge in [0.15, 0.2) is 5.76 Å². The summed E-state index contributed by atoms with van der Waals surface area (Å²) >= 11 is 0. The molecule has 1 aliphatic heterocycles. The van der Waals surface area contributed by atoms with Crippen LogP contribution in [0, 0.1) is 0 Å². The Hall–Kier alpha value is -3.38. The number of piperidine rings is 1. The van der Waals surface area contributed by atoms with E-state index in [0.717, 1.165) is 60.1 Å². The number of halogens is 3. The maximum Gasteiger partial charge on any atom is 0.416 e. The smallest absolute Gasteiger partial charge is 0.416 e. The first kappa shape index (κ1) is 22.4. The summed E-state index contributed by atoms with van der Waals surface area (Å²) in [6, 6.07) is 25.7. The molecule has 0 saturated carbocycles. The zero-order valence-corrected chi connectivity index (χ0v) is 18.6. The molecule has 3 aromatic carbocycles. The minimum atomic E-state index is -4.31. The molecule has 0 aliphatic carbocycles.